The number of nitrogens with zero attached hydrogens (tertiary/aromatic N) is 4. The lowest BCUT2D eigenvalue weighted by molar-refractivity contribution is 0.973. The summed E-state index contributed by atoms with van der Waals surface area (Å²) in [5.41, 5.74) is 6.17. The highest BCUT2D eigenvalue weighted by Gasteiger charge is 2.17. The van der Waals surface area contributed by atoms with E-state index in [1.165, 1.54) is 0 Å². The maximum Gasteiger partial charge on any atom is 0.266 e. The smallest absolute Gasteiger partial charge is 0.266 e. The van der Waals surface area contributed by atoms with Gasteiger partial charge in [0, 0.05) is 16.8 Å². The fourth-order valence-electron chi connectivity index (χ4n) is 4.97. The van der Waals surface area contributed by atoms with Gasteiger partial charge in [0.2, 0.25) is 0 Å². The van der Waals surface area contributed by atoms with E-state index >= 15 is 0 Å². The molecule has 5 aromatic carbocycles. The Morgan fingerprint density at radius 1 is 0.447 bits per heavy atom. The first-order valence-corrected chi connectivity index (χ1v) is 12.5. The number of imidazole rings is 1. The van der Waals surface area contributed by atoms with Gasteiger partial charge in [0.1, 0.15) is 11.6 Å². The van der Waals surface area contributed by atoms with E-state index in [0.29, 0.717) is 16.7 Å². The highest BCUT2D eigenvalue weighted by atomic mass is 16.1. The molecule has 0 amide bonds. The van der Waals surface area contributed by atoms with E-state index in [9.17, 15) is 4.79 Å². The molecule has 0 bridgehead atoms. The van der Waals surface area contributed by atoms with Crippen molar-refractivity contribution in [2.45, 2.75) is 0 Å². The van der Waals surface area contributed by atoms with Gasteiger partial charge in [-0.2, -0.15) is 0 Å². The lowest BCUT2D eigenvalue weighted by Crippen LogP contribution is -2.22. The van der Waals surface area contributed by atoms with Gasteiger partial charge in [-0.05, 0) is 48.5 Å². The molecule has 7 aromatic rings. The molecular weight excluding hydrogens is 468 g/mol. The largest absolute Gasteiger partial charge is 0.292 e. The third-order valence-corrected chi connectivity index (χ3v) is 6.77. The van der Waals surface area contributed by atoms with Crippen LogP contribution in [0.15, 0.2) is 138 Å². The Morgan fingerprint density at radius 3 is 1.58 bits per heavy atom. The first-order valence-electron chi connectivity index (χ1n) is 12.5. The van der Waals surface area contributed by atoms with Crippen molar-refractivity contribution in [3.05, 3.63) is 144 Å². The Kier molecular flexibility index (Phi) is 5.19. The normalized spacial score (nSPS) is 11.3. The topological polar surface area (TPSA) is 52.7 Å². The van der Waals surface area contributed by atoms with Crippen molar-refractivity contribution < 1.29 is 0 Å². The number of aromatic nitrogens is 4. The Balaban J connectivity index is 1.43. The van der Waals surface area contributed by atoms with Crippen LogP contribution in [-0.2, 0) is 0 Å². The van der Waals surface area contributed by atoms with Crippen molar-refractivity contribution in [1.82, 2.24) is 19.1 Å². The second-order valence-corrected chi connectivity index (χ2v) is 9.10. The van der Waals surface area contributed by atoms with Gasteiger partial charge in [0.15, 0.2) is 0 Å². The predicted octanol–water partition coefficient (Wildman–Crippen LogP) is 7.06. The zero-order valence-corrected chi connectivity index (χ0v) is 20.4. The molecule has 7 rings (SSSR count). The van der Waals surface area contributed by atoms with E-state index in [-0.39, 0.29) is 5.56 Å². The third-order valence-electron chi connectivity index (χ3n) is 6.77. The van der Waals surface area contributed by atoms with Crippen LogP contribution in [0.4, 0.5) is 0 Å². The van der Waals surface area contributed by atoms with Crippen LogP contribution in [-0.4, -0.2) is 19.1 Å². The minimum atomic E-state index is -0.0970. The Hall–Kier alpha value is -5.29. The first kappa shape index (κ1) is 21.9. The monoisotopic (exact) mass is 490 g/mol. The molecule has 180 valence electrons. The molecule has 5 heteroatoms. The molecule has 0 aliphatic carbocycles. The van der Waals surface area contributed by atoms with E-state index in [1.54, 1.807) is 4.57 Å². The van der Waals surface area contributed by atoms with Crippen LogP contribution in [0.25, 0.3) is 56.1 Å². The fourth-order valence-corrected chi connectivity index (χ4v) is 4.97. The second-order valence-electron chi connectivity index (χ2n) is 9.10. The Morgan fingerprint density at radius 2 is 0.921 bits per heavy atom. The van der Waals surface area contributed by atoms with E-state index in [1.807, 2.05) is 115 Å². The maximum atomic E-state index is 13.8. The second kappa shape index (κ2) is 8.98. The van der Waals surface area contributed by atoms with E-state index in [4.69, 9.17) is 9.97 Å². The highest BCUT2D eigenvalue weighted by molar-refractivity contribution is 5.84. The molecule has 0 saturated heterocycles. The van der Waals surface area contributed by atoms with Gasteiger partial charge in [0.05, 0.1) is 27.6 Å². The molecule has 0 spiro atoms. The zero-order valence-electron chi connectivity index (χ0n) is 20.4. The Bertz CT molecular complexity index is 1970. The van der Waals surface area contributed by atoms with Crippen LogP contribution in [0, 0.1) is 0 Å². The number of fused-ring (bicyclic) bond motifs is 2. The summed E-state index contributed by atoms with van der Waals surface area (Å²) in [6.07, 6.45) is 0. The summed E-state index contributed by atoms with van der Waals surface area (Å²) in [6.45, 7) is 0. The lowest BCUT2D eigenvalue weighted by atomic mass is 10.1. The van der Waals surface area contributed by atoms with Crippen LogP contribution < -0.4 is 5.56 Å². The average Bonchev–Trinajstić information content (AvgIpc) is 3.38. The minimum Gasteiger partial charge on any atom is -0.292 e. The van der Waals surface area contributed by atoms with Crippen molar-refractivity contribution in [3.63, 3.8) is 0 Å². The Labute approximate surface area is 218 Å². The number of hydrogen-bond acceptors (Lipinski definition) is 3. The standard InChI is InChI=1S/C33H22N4O/c38-33-27-15-7-8-16-28(27)34-32(24-13-5-2-6-14-24)37(33)26-21-19-25(20-22-26)36-30-18-10-9-17-29(30)35-31(36)23-11-3-1-4-12-23/h1-22H. The van der Waals surface area contributed by atoms with E-state index in [2.05, 4.69) is 22.8 Å². The summed E-state index contributed by atoms with van der Waals surface area (Å²) in [5, 5.41) is 0.586. The van der Waals surface area contributed by atoms with Crippen LogP contribution in [0.3, 0.4) is 0 Å². The van der Waals surface area contributed by atoms with Crippen LogP contribution in [0.2, 0.25) is 0 Å². The number of hydrogen-bond donors (Lipinski definition) is 0. The van der Waals surface area contributed by atoms with Crippen molar-refractivity contribution in [2.75, 3.05) is 0 Å². The van der Waals surface area contributed by atoms with Gasteiger partial charge >= 0.3 is 0 Å². The number of para-hydroxylation sites is 3. The van der Waals surface area contributed by atoms with Gasteiger partial charge in [-0.25, -0.2) is 9.97 Å². The molecule has 0 unspecified atom stereocenters. The van der Waals surface area contributed by atoms with Gasteiger partial charge in [-0.1, -0.05) is 84.9 Å². The summed E-state index contributed by atoms with van der Waals surface area (Å²) >= 11 is 0. The molecule has 0 fully saturated rings. The third kappa shape index (κ3) is 3.61. The summed E-state index contributed by atoms with van der Waals surface area (Å²) in [5.74, 6) is 1.48. The van der Waals surface area contributed by atoms with Crippen molar-refractivity contribution in [2.24, 2.45) is 0 Å². The molecular formula is C33H22N4O. The highest BCUT2D eigenvalue weighted by Crippen LogP contribution is 2.29. The van der Waals surface area contributed by atoms with Crippen LogP contribution in [0.5, 0.6) is 0 Å². The van der Waals surface area contributed by atoms with Gasteiger partial charge < -0.3 is 0 Å². The zero-order chi connectivity index (χ0) is 25.5. The SMILES string of the molecule is O=c1c2ccccc2nc(-c2ccccc2)n1-c1ccc(-n2c(-c3ccccc3)nc3ccccc32)cc1. The van der Waals surface area contributed by atoms with Gasteiger partial charge in [-0.15, -0.1) is 0 Å². The summed E-state index contributed by atoms with van der Waals surface area (Å²) in [7, 11) is 0. The molecule has 0 saturated carbocycles. The quantitative estimate of drug-likeness (QED) is 0.265. The molecule has 0 radical (unpaired) electrons. The summed E-state index contributed by atoms with van der Waals surface area (Å²) in [4.78, 5) is 23.6. The van der Waals surface area contributed by atoms with E-state index < -0.39 is 0 Å². The lowest BCUT2D eigenvalue weighted by Gasteiger charge is -2.15. The molecule has 0 aliphatic rings. The molecule has 5 nitrogen and oxygen atoms in total. The van der Waals surface area contributed by atoms with Crippen molar-refractivity contribution in [3.8, 4) is 34.2 Å². The average molecular weight is 491 g/mol. The van der Waals surface area contributed by atoms with Gasteiger partial charge in [-0.3, -0.25) is 13.9 Å². The molecule has 0 N–H and O–H groups in total. The van der Waals surface area contributed by atoms with Crippen molar-refractivity contribution >= 4 is 21.9 Å². The number of benzene rings is 5. The molecule has 2 heterocycles. The number of rotatable bonds is 4. The summed E-state index contributed by atoms with van der Waals surface area (Å²) < 4.78 is 3.86. The predicted molar refractivity (Wildman–Crippen MR) is 153 cm³/mol. The fraction of sp³-hybridized carbons (Fsp3) is 0. The molecule has 2 aromatic heterocycles. The summed E-state index contributed by atoms with van der Waals surface area (Å²) in [6, 6.07) is 43.6. The minimum absolute atomic E-state index is 0.0970. The molecule has 0 aliphatic heterocycles. The van der Waals surface area contributed by atoms with E-state index in [0.717, 1.165) is 39.4 Å². The molecule has 0 atom stereocenters. The first-order chi connectivity index (χ1) is 18.8. The van der Waals surface area contributed by atoms with Crippen LogP contribution >= 0.6 is 0 Å². The van der Waals surface area contributed by atoms with Crippen LogP contribution in [0.1, 0.15) is 0 Å². The van der Waals surface area contributed by atoms with Gasteiger partial charge in [0.25, 0.3) is 5.56 Å². The maximum absolute atomic E-state index is 13.8. The molecule has 38 heavy (non-hydrogen) atoms. The van der Waals surface area contributed by atoms with Crippen molar-refractivity contribution in [1.29, 1.82) is 0 Å².